The van der Waals surface area contributed by atoms with E-state index >= 15 is 0 Å². The van der Waals surface area contributed by atoms with Crippen molar-refractivity contribution in [3.63, 3.8) is 0 Å². The van der Waals surface area contributed by atoms with Crippen LogP contribution in [0.25, 0.3) is 28.0 Å². The van der Waals surface area contributed by atoms with Crippen LogP contribution < -0.4 is 4.89 Å². The van der Waals surface area contributed by atoms with E-state index in [1.807, 2.05) is 30.5 Å². The van der Waals surface area contributed by atoms with Crippen molar-refractivity contribution >= 4 is 15.6 Å². The Bertz CT molecular complexity index is 1580. The summed E-state index contributed by atoms with van der Waals surface area (Å²) < 4.78 is 38.1. The van der Waals surface area contributed by atoms with Crippen LogP contribution in [-0.4, -0.2) is 49.5 Å². The van der Waals surface area contributed by atoms with E-state index in [-0.39, 0.29) is 17.3 Å². The second-order valence-electron chi connectivity index (χ2n) is 9.56. The average Bonchev–Trinajstić information content (AvgIpc) is 3.43. The van der Waals surface area contributed by atoms with Crippen LogP contribution in [0.4, 0.5) is 4.39 Å². The number of halogens is 1. The number of H-pyrrole nitrogens is 1. The van der Waals surface area contributed by atoms with Gasteiger partial charge in [0.1, 0.15) is 5.82 Å². The molecular weight excluding hydrogens is 527 g/mol. The summed E-state index contributed by atoms with van der Waals surface area (Å²) in [7, 11) is -3.72. The molecule has 0 fully saturated rings. The SMILES string of the molecule is C=CCONS(=O)(=O)c1ccc(CCN2CC=C(c3c[nH]c(-c4ccc(F)cc4)c3-c3ccncc3)CC2)cc1. The average molecular weight is 559 g/mol. The Morgan fingerprint density at radius 2 is 1.80 bits per heavy atom. The number of aromatic nitrogens is 2. The third-order valence-corrected chi connectivity index (χ3v) is 8.17. The number of aromatic amines is 1. The van der Waals surface area contributed by atoms with E-state index in [4.69, 9.17) is 4.84 Å². The first-order valence-electron chi connectivity index (χ1n) is 13.1. The van der Waals surface area contributed by atoms with Crippen LogP contribution in [-0.2, 0) is 21.3 Å². The number of rotatable bonds is 11. The van der Waals surface area contributed by atoms with E-state index in [1.165, 1.54) is 23.8 Å². The van der Waals surface area contributed by atoms with Crippen LogP contribution in [0, 0.1) is 5.82 Å². The van der Waals surface area contributed by atoms with E-state index in [0.717, 1.165) is 66.0 Å². The summed E-state index contributed by atoms with van der Waals surface area (Å²) in [6.07, 6.45) is 11.1. The van der Waals surface area contributed by atoms with Gasteiger partial charge in [-0.2, -0.15) is 0 Å². The van der Waals surface area contributed by atoms with Gasteiger partial charge in [0.05, 0.1) is 17.2 Å². The molecule has 0 saturated heterocycles. The second-order valence-corrected chi connectivity index (χ2v) is 11.2. The largest absolute Gasteiger partial charge is 0.360 e. The fraction of sp³-hybridized carbons (Fsp3) is 0.194. The maximum Gasteiger partial charge on any atom is 0.262 e. The first kappa shape index (κ1) is 27.7. The Morgan fingerprint density at radius 3 is 2.48 bits per heavy atom. The summed E-state index contributed by atoms with van der Waals surface area (Å²) in [6, 6.07) is 17.4. The number of benzene rings is 2. The summed E-state index contributed by atoms with van der Waals surface area (Å²) in [6.45, 7) is 6.18. The molecule has 3 heterocycles. The maximum atomic E-state index is 13.6. The molecule has 2 N–H and O–H groups in total. The topological polar surface area (TPSA) is 87.3 Å². The molecule has 9 heteroatoms. The maximum absolute atomic E-state index is 13.6. The zero-order valence-electron chi connectivity index (χ0n) is 22.0. The van der Waals surface area contributed by atoms with E-state index in [2.05, 4.69) is 32.4 Å². The van der Waals surface area contributed by atoms with Crippen molar-refractivity contribution in [2.75, 3.05) is 26.2 Å². The van der Waals surface area contributed by atoms with Crippen LogP contribution in [0.15, 0.2) is 103 Å². The molecule has 206 valence electrons. The van der Waals surface area contributed by atoms with Gasteiger partial charge < -0.3 is 4.98 Å². The quantitative estimate of drug-likeness (QED) is 0.142. The summed E-state index contributed by atoms with van der Waals surface area (Å²) >= 11 is 0. The molecule has 0 amide bonds. The minimum atomic E-state index is -3.72. The lowest BCUT2D eigenvalue weighted by Crippen LogP contribution is -2.30. The zero-order valence-corrected chi connectivity index (χ0v) is 22.8. The van der Waals surface area contributed by atoms with Gasteiger partial charge in [0, 0.05) is 49.4 Å². The van der Waals surface area contributed by atoms with Gasteiger partial charge in [-0.05, 0) is 83.6 Å². The summed E-state index contributed by atoms with van der Waals surface area (Å²) in [5.74, 6) is -0.261. The molecule has 0 bridgehead atoms. The van der Waals surface area contributed by atoms with Crippen LogP contribution in [0.1, 0.15) is 17.5 Å². The highest BCUT2D eigenvalue weighted by molar-refractivity contribution is 7.89. The fourth-order valence-corrected chi connectivity index (χ4v) is 5.65. The van der Waals surface area contributed by atoms with Gasteiger partial charge in [0.25, 0.3) is 10.0 Å². The third kappa shape index (κ3) is 6.46. The Labute approximate surface area is 234 Å². The number of pyridine rings is 1. The van der Waals surface area contributed by atoms with Crippen molar-refractivity contribution in [3.05, 3.63) is 115 Å². The molecule has 0 saturated carbocycles. The molecule has 0 radical (unpaired) electrons. The Morgan fingerprint density at radius 1 is 1.05 bits per heavy atom. The third-order valence-electron chi connectivity index (χ3n) is 6.94. The van der Waals surface area contributed by atoms with Crippen LogP contribution in [0.3, 0.4) is 0 Å². The number of hydrogen-bond donors (Lipinski definition) is 2. The number of hydrogen-bond acceptors (Lipinski definition) is 5. The molecule has 4 aromatic rings. The van der Waals surface area contributed by atoms with Crippen molar-refractivity contribution in [3.8, 4) is 22.4 Å². The van der Waals surface area contributed by atoms with Gasteiger partial charge >= 0.3 is 0 Å². The van der Waals surface area contributed by atoms with Crippen molar-refractivity contribution in [2.45, 2.75) is 17.7 Å². The van der Waals surface area contributed by atoms with Crippen molar-refractivity contribution < 1.29 is 17.6 Å². The normalized spacial score (nSPS) is 14.2. The highest BCUT2D eigenvalue weighted by atomic mass is 32.2. The monoisotopic (exact) mass is 558 g/mol. The minimum Gasteiger partial charge on any atom is -0.360 e. The summed E-state index contributed by atoms with van der Waals surface area (Å²) in [4.78, 5) is 17.1. The Balaban J connectivity index is 1.26. The standard InChI is InChI=1S/C31H31FN4O3S/c1-2-21-39-35-40(37,38)28-9-3-23(4-10-28)13-18-36-19-14-24(15-20-36)29-22-34-31(26-5-7-27(32)8-6-26)30(29)25-11-16-33-17-12-25/h2-12,14,16-17,22,34-35H,1,13,15,18-21H2. The highest BCUT2D eigenvalue weighted by Gasteiger charge is 2.21. The molecular formula is C31H31FN4O3S. The molecule has 1 aliphatic rings. The van der Waals surface area contributed by atoms with Gasteiger partial charge in [-0.25, -0.2) is 12.8 Å². The molecule has 0 aliphatic carbocycles. The highest BCUT2D eigenvalue weighted by Crippen LogP contribution is 2.39. The predicted molar refractivity (Wildman–Crippen MR) is 155 cm³/mol. The van der Waals surface area contributed by atoms with Gasteiger partial charge in [0.2, 0.25) is 0 Å². The number of nitrogens with one attached hydrogen (secondary N) is 2. The fourth-order valence-electron chi connectivity index (χ4n) is 4.84. The molecule has 2 aromatic carbocycles. The Kier molecular flexibility index (Phi) is 8.66. The first-order valence-corrected chi connectivity index (χ1v) is 14.6. The van der Waals surface area contributed by atoms with Crippen molar-refractivity contribution in [2.24, 2.45) is 0 Å². The van der Waals surface area contributed by atoms with Crippen molar-refractivity contribution in [1.29, 1.82) is 0 Å². The molecule has 0 atom stereocenters. The lowest BCUT2D eigenvalue weighted by atomic mass is 9.92. The van der Waals surface area contributed by atoms with Gasteiger partial charge in [-0.15, -0.1) is 6.58 Å². The lowest BCUT2D eigenvalue weighted by Gasteiger charge is -2.26. The predicted octanol–water partition coefficient (Wildman–Crippen LogP) is 5.61. The summed E-state index contributed by atoms with van der Waals surface area (Å²) in [5, 5.41) is 0. The molecule has 5 rings (SSSR count). The zero-order chi connectivity index (χ0) is 28.0. The van der Waals surface area contributed by atoms with Crippen LogP contribution >= 0.6 is 0 Å². The molecule has 7 nitrogen and oxygen atoms in total. The molecule has 40 heavy (non-hydrogen) atoms. The molecule has 0 unspecified atom stereocenters. The van der Waals surface area contributed by atoms with Gasteiger partial charge in [-0.3, -0.25) is 14.7 Å². The smallest absolute Gasteiger partial charge is 0.262 e. The van der Waals surface area contributed by atoms with Crippen molar-refractivity contribution in [1.82, 2.24) is 19.8 Å². The molecule has 2 aromatic heterocycles. The minimum absolute atomic E-state index is 0.0911. The first-order chi connectivity index (χ1) is 19.4. The number of sulfonamides is 1. The van der Waals surface area contributed by atoms with E-state index < -0.39 is 10.0 Å². The van der Waals surface area contributed by atoms with Crippen LogP contribution in [0.2, 0.25) is 0 Å². The summed E-state index contributed by atoms with van der Waals surface area (Å²) in [5.41, 5.74) is 7.51. The molecule has 1 aliphatic heterocycles. The molecule has 0 spiro atoms. The van der Waals surface area contributed by atoms with E-state index in [9.17, 15) is 12.8 Å². The second kappa shape index (κ2) is 12.5. The van der Waals surface area contributed by atoms with Gasteiger partial charge in [0.15, 0.2) is 0 Å². The Hall–Kier alpha value is -3.89. The number of nitrogens with zero attached hydrogens (tertiary/aromatic N) is 2. The van der Waals surface area contributed by atoms with E-state index in [1.54, 1.807) is 36.7 Å². The van der Waals surface area contributed by atoms with Crippen LogP contribution in [0.5, 0.6) is 0 Å². The lowest BCUT2D eigenvalue weighted by molar-refractivity contribution is 0.119. The van der Waals surface area contributed by atoms with E-state index in [0.29, 0.717) is 0 Å². The van der Waals surface area contributed by atoms with Gasteiger partial charge in [-0.1, -0.05) is 29.2 Å².